The molecule has 0 atom stereocenters. The Hall–Kier alpha value is -2.64. The molecule has 0 saturated carbocycles. The Bertz CT molecular complexity index is 766. The molecule has 0 radical (unpaired) electrons. The van der Waals surface area contributed by atoms with Crippen molar-refractivity contribution in [2.75, 3.05) is 0 Å². The summed E-state index contributed by atoms with van der Waals surface area (Å²) >= 11 is 0. The Morgan fingerprint density at radius 1 is 0.889 bits per heavy atom. The molecule has 0 N–H and O–H groups in total. The van der Waals surface area contributed by atoms with E-state index in [-0.39, 0.29) is 0 Å². The monoisotopic (exact) mass is 229 g/mol. The van der Waals surface area contributed by atoms with Crippen LogP contribution >= 0.6 is 0 Å². The third-order valence-electron chi connectivity index (χ3n) is 3.08. The van der Waals surface area contributed by atoms with Crippen LogP contribution in [0.3, 0.4) is 0 Å². The molecule has 0 aliphatic heterocycles. The van der Waals surface area contributed by atoms with Crippen molar-refractivity contribution >= 4 is 21.8 Å². The van der Waals surface area contributed by atoms with Crippen LogP contribution in [0.1, 0.15) is 0 Å². The van der Waals surface area contributed by atoms with Crippen LogP contribution in [0, 0.1) is 24.2 Å². The van der Waals surface area contributed by atoms with Gasteiger partial charge in [0, 0.05) is 21.8 Å². The summed E-state index contributed by atoms with van der Waals surface area (Å²) in [6, 6.07) is 16.7. The lowest BCUT2D eigenvalue weighted by atomic mass is 10.2. The van der Waals surface area contributed by atoms with Gasteiger partial charge in [0.25, 0.3) is 0 Å². The van der Waals surface area contributed by atoms with Crippen molar-refractivity contribution in [3.05, 3.63) is 48.5 Å². The van der Waals surface area contributed by atoms with Crippen molar-refractivity contribution in [3.8, 4) is 24.2 Å². The molecule has 1 nitrogen and oxygen atoms in total. The number of hydrogen-bond acceptors (Lipinski definition) is 0. The molecule has 0 spiro atoms. The summed E-state index contributed by atoms with van der Waals surface area (Å²) < 4.78 is 2.20. The van der Waals surface area contributed by atoms with Gasteiger partial charge in [-0.05, 0) is 24.0 Å². The van der Waals surface area contributed by atoms with E-state index in [2.05, 4.69) is 58.7 Å². The molecule has 0 saturated heterocycles. The molecule has 18 heavy (non-hydrogen) atoms. The van der Waals surface area contributed by atoms with Gasteiger partial charge in [-0.1, -0.05) is 42.3 Å². The fourth-order valence-electron chi connectivity index (χ4n) is 2.34. The first-order valence-corrected chi connectivity index (χ1v) is 5.81. The maximum Gasteiger partial charge on any atom is 0.0853 e. The zero-order valence-corrected chi connectivity index (χ0v) is 9.85. The summed E-state index contributed by atoms with van der Waals surface area (Å²) in [4.78, 5) is 0. The van der Waals surface area contributed by atoms with Gasteiger partial charge in [0.1, 0.15) is 0 Å². The molecule has 0 aliphatic carbocycles. The van der Waals surface area contributed by atoms with Crippen molar-refractivity contribution in [1.82, 2.24) is 4.57 Å². The van der Waals surface area contributed by atoms with E-state index in [0.29, 0.717) is 6.54 Å². The van der Waals surface area contributed by atoms with Gasteiger partial charge in [-0.15, -0.1) is 6.42 Å². The molecule has 0 fully saturated rings. The largest absolute Gasteiger partial charge is 0.329 e. The van der Waals surface area contributed by atoms with Crippen LogP contribution in [0.15, 0.2) is 48.5 Å². The maximum atomic E-state index is 5.16. The van der Waals surface area contributed by atoms with E-state index in [4.69, 9.17) is 6.42 Å². The van der Waals surface area contributed by atoms with Gasteiger partial charge in [0.05, 0.1) is 6.54 Å². The molecule has 1 heteroatoms. The molecule has 84 valence electrons. The average molecular weight is 229 g/mol. The Labute approximate surface area is 106 Å². The number of terminal acetylenes is 1. The molecule has 0 aliphatic rings. The molecule has 0 bridgehead atoms. The van der Waals surface area contributed by atoms with E-state index >= 15 is 0 Å². The summed E-state index contributed by atoms with van der Waals surface area (Å²) in [7, 11) is 0. The van der Waals surface area contributed by atoms with Crippen LogP contribution in [0.25, 0.3) is 21.8 Å². The number of hydrogen-bond donors (Lipinski definition) is 0. The van der Waals surface area contributed by atoms with E-state index < -0.39 is 0 Å². The summed E-state index contributed by atoms with van der Waals surface area (Å²) in [6.07, 6.45) is 5.16. The Morgan fingerprint density at radius 2 is 1.44 bits per heavy atom. The first kappa shape index (κ1) is 10.5. The SMILES string of the molecule is C#CC#CCn1c2ccccc2c2ccccc21. The van der Waals surface area contributed by atoms with E-state index in [1.165, 1.54) is 21.8 Å². The van der Waals surface area contributed by atoms with Gasteiger partial charge in [-0.25, -0.2) is 0 Å². The third kappa shape index (κ3) is 1.54. The quantitative estimate of drug-likeness (QED) is 0.563. The molecule has 2 aromatic carbocycles. The Kier molecular flexibility index (Phi) is 2.52. The second-order valence-electron chi connectivity index (χ2n) is 4.07. The van der Waals surface area contributed by atoms with Crippen LogP contribution in [0.5, 0.6) is 0 Å². The van der Waals surface area contributed by atoms with Crippen LogP contribution in [-0.2, 0) is 6.54 Å². The van der Waals surface area contributed by atoms with Gasteiger partial charge < -0.3 is 4.57 Å². The molecule has 1 aromatic heterocycles. The van der Waals surface area contributed by atoms with E-state index in [1.54, 1.807) is 0 Å². The highest BCUT2D eigenvalue weighted by atomic mass is 15.0. The number of aromatic nitrogens is 1. The minimum atomic E-state index is 0.623. The molecule has 3 rings (SSSR count). The second-order valence-corrected chi connectivity index (χ2v) is 4.07. The Morgan fingerprint density at radius 3 is 2.00 bits per heavy atom. The lowest BCUT2D eigenvalue weighted by Crippen LogP contribution is -1.94. The summed E-state index contributed by atoms with van der Waals surface area (Å²) in [5, 5.41) is 2.52. The molecule has 0 amide bonds. The highest BCUT2D eigenvalue weighted by molar-refractivity contribution is 6.07. The van der Waals surface area contributed by atoms with Gasteiger partial charge in [0.15, 0.2) is 0 Å². The summed E-state index contributed by atoms with van der Waals surface area (Å²) in [6.45, 7) is 0.623. The van der Waals surface area contributed by atoms with Crippen LogP contribution in [0.2, 0.25) is 0 Å². The van der Waals surface area contributed by atoms with Crippen molar-refractivity contribution < 1.29 is 0 Å². The van der Waals surface area contributed by atoms with Crippen LogP contribution < -0.4 is 0 Å². The molecule has 0 unspecified atom stereocenters. The first-order valence-electron chi connectivity index (χ1n) is 5.81. The van der Waals surface area contributed by atoms with Crippen LogP contribution in [-0.4, -0.2) is 4.57 Å². The fraction of sp³-hybridized carbons (Fsp3) is 0.0588. The number of nitrogens with zero attached hydrogens (tertiary/aromatic N) is 1. The van der Waals surface area contributed by atoms with Gasteiger partial charge >= 0.3 is 0 Å². The van der Waals surface area contributed by atoms with E-state index in [1.807, 2.05) is 12.1 Å². The predicted molar refractivity (Wildman–Crippen MR) is 76.1 cm³/mol. The average Bonchev–Trinajstić information content (AvgIpc) is 2.74. The van der Waals surface area contributed by atoms with Gasteiger partial charge in [-0.2, -0.15) is 0 Å². The normalized spacial score (nSPS) is 9.94. The molecule has 3 aromatic rings. The number of fused-ring (bicyclic) bond motifs is 3. The number of benzene rings is 2. The highest BCUT2D eigenvalue weighted by Gasteiger charge is 2.07. The van der Waals surface area contributed by atoms with Crippen molar-refractivity contribution in [1.29, 1.82) is 0 Å². The summed E-state index contributed by atoms with van der Waals surface area (Å²) in [5.74, 6) is 8.02. The van der Waals surface area contributed by atoms with E-state index in [9.17, 15) is 0 Å². The number of rotatable bonds is 1. The lowest BCUT2D eigenvalue weighted by molar-refractivity contribution is 0.923. The lowest BCUT2D eigenvalue weighted by Gasteiger charge is -2.01. The van der Waals surface area contributed by atoms with E-state index in [0.717, 1.165) is 0 Å². The first-order chi connectivity index (χ1) is 8.92. The minimum Gasteiger partial charge on any atom is -0.329 e. The standard InChI is InChI=1S/C17H11N/c1-2-3-8-13-18-16-11-6-4-9-14(16)15-10-5-7-12-17(15)18/h1,4-7,9-12H,13H2. The van der Waals surface area contributed by atoms with Crippen molar-refractivity contribution in [2.45, 2.75) is 6.54 Å². The third-order valence-corrected chi connectivity index (χ3v) is 3.08. The van der Waals surface area contributed by atoms with Crippen LogP contribution in [0.4, 0.5) is 0 Å². The second kappa shape index (κ2) is 4.32. The topological polar surface area (TPSA) is 4.93 Å². The molecular formula is C17H11N. The Balaban J connectivity index is 2.35. The fourth-order valence-corrected chi connectivity index (χ4v) is 2.34. The molecule has 1 heterocycles. The van der Waals surface area contributed by atoms with Crippen molar-refractivity contribution in [2.24, 2.45) is 0 Å². The van der Waals surface area contributed by atoms with Gasteiger partial charge in [-0.3, -0.25) is 0 Å². The highest BCUT2D eigenvalue weighted by Crippen LogP contribution is 2.28. The van der Waals surface area contributed by atoms with Gasteiger partial charge in [0.2, 0.25) is 0 Å². The smallest absolute Gasteiger partial charge is 0.0853 e. The zero-order valence-electron chi connectivity index (χ0n) is 9.85. The maximum absolute atomic E-state index is 5.16. The van der Waals surface area contributed by atoms with Crippen molar-refractivity contribution in [3.63, 3.8) is 0 Å². The minimum absolute atomic E-state index is 0.623. The number of para-hydroxylation sites is 2. The zero-order chi connectivity index (χ0) is 12.4. The predicted octanol–water partition coefficient (Wildman–Crippen LogP) is 3.43. The summed E-state index contributed by atoms with van der Waals surface area (Å²) in [5.41, 5.74) is 2.40. The molecular weight excluding hydrogens is 218 g/mol.